The van der Waals surface area contributed by atoms with Crippen molar-refractivity contribution < 1.29 is 19.1 Å². The van der Waals surface area contributed by atoms with Crippen LogP contribution < -0.4 is 15.0 Å². The zero-order chi connectivity index (χ0) is 25.3. The van der Waals surface area contributed by atoms with Crippen molar-refractivity contribution in [2.45, 2.75) is 58.9 Å². The normalized spacial score (nSPS) is 18.7. The third-order valence-corrected chi connectivity index (χ3v) is 7.20. The van der Waals surface area contributed by atoms with E-state index in [1.165, 1.54) is 18.9 Å². The molecule has 2 aliphatic rings. The van der Waals surface area contributed by atoms with Crippen LogP contribution in [-0.4, -0.2) is 34.5 Å². The van der Waals surface area contributed by atoms with E-state index in [2.05, 4.69) is 17.3 Å². The lowest BCUT2D eigenvalue weighted by molar-refractivity contribution is -0.139. The number of amidine groups is 1. The third kappa shape index (κ3) is 4.52. The number of benzene rings is 2. The molecular formula is C26H30N4O4S. The van der Waals surface area contributed by atoms with E-state index in [-0.39, 0.29) is 22.9 Å². The Labute approximate surface area is 209 Å². The van der Waals surface area contributed by atoms with Crippen molar-refractivity contribution in [1.29, 1.82) is 0 Å². The van der Waals surface area contributed by atoms with Crippen LogP contribution in [0.5, 0.6) is 5.75 Å². The van der Waals surface area contributed by atoms with Crippen molar-refractivity contribution >= 4 is 40.3 Å². The summed E-state index contributed by atoms with van der Waals surface area (Å²) < 4.78 is 5.76. The zero-order valence-corrected chi connectivity index (χ0v) is 21.5. The molecule has 0 saturated carbocycles. The van der Waals surface area contributed by atoms with Crippen LogP contribution in [-0.2, 0) is 25.8 Å². The Morgan fingerprint density at radius 2 is 1.86 bits per heavy atom. The first-order valence-corrected chi connectivity index (χ1v) is 12.5. The summed E-state index contributed by atoms with van der Waals surface area (Å²) in [4.78, 5) is 38.9. The van der Waals surface area contributed by atoms with Crippen molar-refractivity contribution in [3.05, 3.63) is 58.7 Å². The molecule has 0 saturated heterocycles. The van der Waals surface area contributed by atoms with Crippen LogP contribution in [0.1, 0.15) is 55.9 Å². The molecule has 0 aromatic heterocycles. The lowest BCUT2D eigenvalue weighted by atomic mass is 10.0. The highest BCUT2D eigenvalue weighted by atomic mass is 32.2. The molecule has 8 nitrogen and oxygen atoms in total. The lowest BCUT2D eigenvalue weighted by Crippen LogP contribution is -2.48. The van der Waals surface area contributed by atoms with E-state index in [4.69, 9.17) is 4.74 Å². The third-order valence-electron chi connectivity index (χ3n) is 5.96. The molecule has 35 heavy (non-hydrogen) atoms. The lowest BCUT2D eigenvalue weighted by Gasteiger charge is -2.29. The van der Waals surface area contributed by atoms with Crippen LogP contribution in [0.3, 0.4) is 0 Å². The average molecular weight is 495 g/mol. The monoisotopic (exact) mass is 494 g/mol. The van der Waals surface area contributed by atoms with Gasteiger partial charge in [-0.15, -0.1) is 5.10 Å². The van der Waals surface area contributed by atoms with Crippen molar-refractivity contribution in [1.82, 2.24) is 10.3 Å². The molecule has 2 aromatic rings. The Bertz CT molecular complexity index is 1210. The van der Waals surface area contributed by atoms with Gasteiger partial charge in [0, 0.05) is 19.4 Å². The smallest absolute Gasteiger partial charge is 0.271 e. The fourth-order valence-electron chi connectivity index (χ4n) is 4.50. The number of nitrogens with one attached hydrogen (secondary N) is 1. The highest BCUT2D eigenvalue weighted by Crippen LogP contribution is 2.55. The number of fused-ring (bicyclic) bond motifs is 2. The van der Waals surface area contributed by atoms with Gasteiger partial charge in [0.25, 0.3) is 5.91 Å². The van der Waals surface area contributed by atoms with Crippen molar-refractivity contribution in [3.63, 3.8) is 0 Å². The SMILES string of the molecule is CCCCOc1ccc(CN2C(=O)C3(SC(NC(C)=O)=NN3C(C)=O)c3cc(C)cc(C)c32)cc1. The molecule has 184 valence electrons. The molecule has 1 unspecified atom stereocenters. The second-order valence-corrected chi connectivity index (χ2v) is 10.1. The summed E-state index contributed by atoms with van der Waals surface area (Å²) in [5.74, 6) is -0.178. The maximum absolute atomic E-state index is 14.1. The van der Waals surface area contributed by atoms with Gasteiger partial charge in [-0.1, -0.05) is 43.2 Å². The van der Waals surface area contributed by atoms with E-state index in [1.54, 1.807) is 4.90 Å². The molecule has 3 amide bonds. The molecule has 9 heteroatoms. The van der Waals surface area contributed by atoms with Crippen LogP contribution in [0.4, 0.5) is 5.69 Å². The second kappa shape index (κ2) is 9.73. The molecule has 0 bridgehead atoms. The fraction of sp³-hybridized carbons (Fsp3) is 0.385. The fourth-order valence-corrected chi connectivity index (χ4v) is 5.81. The van der Waals surface area contributed by atoms with Gasteiger partial charge in [0.15, 0.2) is 5.17 Å². The first kappa shape index (κ1) is 24.8. The molecule has 2 aromatic carbocycles. The molecule has 1 spiro atoms. The summed E-state index contributed by atoms with van der Waals surface area (Å²) in [5.41, 5.74) is 4.30. The summed E-state index contributed by atoms with van der Waals surface area (Å²) in [5, 5.41) is 8.40. The highest BCUT2D eigenvalue weighted by molar-refractivity contribution is 8.15. The van der Waals surface area contributed by atoms with E-state index in [0.717, 1.165) is 52.7 Å². The molecule has 1 N–H and O–H groups in total. The maximum Gasteiger partial charge on any atom is 0.271 e. The number of nitrogens with zero attached hydrogens (tertiary/aromatic N) is 3. The van der Waals surface area contributed by atoms with Crippen molar-refractivity contribution in [3.8, 4) is 5.75 Å². The quantitative estimate of drug-likeness (QED) is 0.608. The summed E-state index contributed by atoms with van der Waals surface area (Å²) in [6.07, 6.45) is 2.06. The number of thioether (sulfide) groups is 1. The number of hydrazone groups is 1. The minimum Gasteiger partial charge on any atom is -0.494 e. The number of rotatable bonds is 6. The Kier molecular flexibility index (Phi) is 6.89. The molecule has 0 aliphatic carbocycles. The van der Waals surface area contributed by atoms with Gasteiger partial charge in [0.1, 0.15) is 5.75 Å². The predicted octanol–water partition coefficient (Wildman–Crippen LogP) is 4.18. The van der Waals surface area contributed by atoms with Gasteiger partial charge in [0.2, 0.25) is 16.7 Å². The number of hydrogen-bond donors (Lipinski definition) is 1. The summed E-state index contributed by atoms with van der Waals surface area (Å²) >= 11 is 1.09. The molecule has 2 aliphatic heterocycles. The number of carbonyl (C=O) groups excluding carboxylic acids is 3. The number of unbranched alkanes of at least 4 members (excludes halogenated alkanes) is 1. The number of anilines is 1. The van der Waals surface area contributed by atoms with E-state index < -0.39 is 4.87 Å². The van der Waals surface area contributed by atoms with Gasteiger partial charge in [-0.3, -0.25) is 14.4 Å². The minimum absolute atomic E-state index is 0.224. The summed E-state index contributed by atoms with van der Waals surface area (Å²) in [7, 11) is 0. The molecule has 4 rings (SSSR count). The number of aryl methyl sites for hydroxylation is 2. The average Bonchev–Trinajstić information content (AvgIpc) is 3.27. The predicted molar refractivity (Wildman–Crippen MR) is 137 cm³/mol. The molecule has 2 heterocycles. The minimum atomic E-state index is -1.40. The van der Waals surface area contributed by atoms with Gasteiger partial charge in [0.05, 0.1) is 18.8 Å². The van der Waals surface area contributed by atoms with Crippen LogP contribution >= 0.6 is 11.8 Å². The first-order valence-electron chi connectivity index (χ1n) is 11.7. The first-order chi connectivity index (χ1) is 16.7. The second-order valence-electron chi connectivity index (χ2n) is 8.88. The van der Waals surface area contributed by atoms with Crippen LogP contribution in [0.2, 0.25) is 0 Å². The Morgan fingerprint density at radius 3 is 2.49 bits per heavy atom. The van der Waals surface area contributed by atoms with Crippen LogP contribution in [0, 0.1) is 13.8 Å². The number of ether oxygens (including phenoxy) is 1. The number of amides is 3. The molecule has 0 radical (unpaired) electrons. The molecule has 0 fully saturated rings. The number of carbonyl (C=O) groups is 3. The van der Waals surface area contributed by atoms with Gasteiger partial charge in [-0.2, -0.15) is 5.01 Å². The van der Waals surface area contributed by atoms with Crippen LogP contribution in [0.25, 0.3) is 0 Å². The Morgan fingerprint density at radius 1 is 1.14 bits per heavy atom. The topological polar surface area (TPSA) is 91.3 Å². The molecular weight excluding hydrogens is 464 g/mol. The Balaban J connectivity index is 1.72. The Hall–Kier alpha value is -3.33. The highest BCUT2D eigenvalue weighted by Gasteiger charge is 2.61. The van der Waals surface area contributed by atoms with E-state index in [1.807, 2.05) is 50.2 Å². The van der Waals surface area contributed by atoms with Crippen molar-refractivity contribution in [2.75, 3.05) is 11.5 Å². The largest absolute Gasteiger partial charge is 0.494 e. The van der Waals surface area contributed by atoms with E-state index in [9.17, 15) is 14.4 Å². The zero-order valence-electron chi connectivity index (χ0n) is 20.7. The maximum atomic E-state index is 14.1. The van der Waals surface area contributed by atoms with Crippen molar-refractivity contribution in [2.24, 2.45) is 5.10 Å². The van der Waals surface area contributed by atoms with Gasteiger partial charge in [-0.25, -0.2) is 0 Å². The van der Waals surface area contributed by atoms with E-state index >= 15 is 0 Å². The standard InChI is InChI=1S/C26H30N4O4S/c1-6-7-12-34-21-10-8-20(9-11-21)15-29-23-17(3)13-16(2)14-22(23)26(24(29)33)30(19(5)32)28-25(35-26)27-18(4)31/h8-11,13-14H,6-7,12,15H2,1-5H3,(H,27,28,31). The van der Waals surface area contributed by atoms with Crippen LogP contribution in [0.15, 0.2) is 41.5 Å². The van der Waals surface area contributed by atoms with Gasteiger partial charge < -0.3 is 15.0 Å². The molecule has 1 atom stereocenters. The van der Waals surface area contributed by atoms with Gasteiger partial charge >= 0.3 is 0 Å². The summed E-state index contributed by atoms with van der Waals surface area (Å²) in [6, 6.07) is 11.7. The van der Waals surface area contributed by atoms with E-state index in [0.29, 0.717) is 18.7 Å². The van der Waals surface area contributed by atoms with Gasteiger partial charge in [-0.05, 0) is 55.3 Å². The summed E-state index contributed by atoms with van der Waals surface area (Å²) in [6.45, 7) is 9.78. The number of hydrogen-bond acceptors (Lipinski definition) is 6.